The molecule has 1 aromatic heterocycles. The zero-order chi connectivity index (χ0) is 22.0. The summed E-state index contributed by atoms with van der Waals surface area (Å²) in [6, 6.07) is 14.7. The molecular weight excluding hydrogens is 428 g/mol. The molecule has 7 heteroatoms. The van der Waals surface area contributed by atoms with Crippen LogP contribution in [-0.2, 0) is 22.4 Å². The minimum atomic E-state index is -1.08. The summed E-state index contributed by atoms with van der Waals surface area (Å²) in [5.74, 6) is -1.44. The number of hydrogen-bond donors (Lipinski definition) is 2. The van der Waals surface area contributed by atoms with Gasteiger partial charge in [-0.3, -0.25) is 9.69 Å². The molecule has 2 heterocycles. The molecule has 31 heavy (non-hydrogen) atoms. The number of nitrogens with one attached hydrogen (secondary N) is 1. The zero-order valence-corrected chi connectivity index (χ0v) is 18.6. The number of carboxylic acid groups (broad SMARTS) is 1. The summed E-state index contributed by atoms with van der Waals surface area (Å²) in [6.07, 6.45) is 5.83. The minimum Gasteiger partial charge on any atom is -0.480 e. The van der Waals surface area contributed by atoms with Crippen molar-refractivity contribution in [3.63, 3.8) is 0 Å². The van der Waals surface area contributed by atoms with Gasteiger partial charge >= 0.3 is 5.97 Å². The number of aromatic amines is 1. The van der Waals surface area contributed by atoms with Crippen molar-refractivity contribution in [1.29, 1.82) is 0 Å². The number of benzene rings is 2. The molecular formula is C24H22N2O3S2. The number of thiocarbonyl (C=S) groups is 1. The lowest BCUT2D eigenvalue weighted by atomic mass is 10.0. The molecule has 2 aromatic carbocycles. The number of carboxylic acids is 1. The Hall–Kier alpha value is -2.90. The van der Waals surface area contributed by atoms with Crippen molar-refractivity contribution in [3.05, 3.63) is 76.3 Å². The highest BCUT2D eigenvalue weighted by atomic mass is 32.2. The summed E-state index contributed by atoms with van der Waals surface area (Å²) in [5, 5.41) is 10.9. The number of thioether (sulfide) groups is 1. The molecule has 2 N–H and O–H groups in total. The number of carbonyl (C=O) groups is 2. The highest BCUT2D eigenvalue weighted by Gasteiger charge is 2.40. The van der Waals surface area contributed by atoms with Crippen LogP contribution >= 0.6 is 24.0 Å². The summed E-state index contributed by atoms with van der Waals surface area (Å²) in [5.41, 5.74) is 3.91. The van der Waals surface area contributed by atoms with Crippen LogP contribution in [0.2, 0.25) is 0 Å². The van der Waals surface area contributed by atoms with Crippen LogP contribution in [0.5, 0.6) is 0 Å². The highest BCUT2D eigenvalue weighted by Crippen LogP contribution is 2.35. The van der Waals surface area contributed by atoms with Crippen LogP contribution in [0.4, 0.5) is 0 Å². The second kappa shape index (κ2) is 9.08. The molecule has 3 aromatic rings. The fourth-order valence-corrected chi connectivity index (χ4v) is 5.12. The molecule has 0 unspecified atom stereocenters. The van der Waals surface area contributed by atoms with Crippen molar-refractivity contribution in [1.82, 2.24) is 9.88 Å². The first kappa shape index (κ1) is 21.3. The Labute approximate surface area is 190 Å². The summed E-state index contributed by atoms with van der Waals surface area (Å²) in [6.45, 7) is 2.13. The van der Waals surface area contributed by atoms with Gasteiger partial charge in [0.05, 0.1) is 4.91 Å². The number of aliphatic carboxylic acids is 1. The summed E-state index contributed by atoms with van der Waals surface area (Å²) >= 11 is 6.56. The summed E-state index contributed by atoms with van der Waals surface area (Å²) in [4.78, 5) is 30.1. The van der Waals surface area contributed by atoms with Gasteiger partial charge in [0.2, 0.25) is 0 Å². The van der Waals surface area contributed by atoms with Crippen molar-refractivity contribution in [3.8, 4) is 0 Å². The summed E-state index contributed by atoms with van der Waals surface area (Å²) in [7, 11) is 0. The number of para-hydroxylation sites is 1. The van der Waals surface area contributed by atoms with E-state index < -0.39 is 12.0 Å². The lowest BCUT2D eigenvalue weighted by Crippen LogP contribution is -2.45. The maximum atomic E-state index is 13.1. The predicted molar refractivity (Wildman–Crippen MR) is 129 cm³/mol. The Morgan fingerprint density at radius 2 is 1.97 bits per heavy atom. The smallest absolute Gasteiger partial charge is 0.327 e. The van der Waals surface area contributed by atoms with Gasteiger partial charge in [0, 0.05) is 23.5 Å². The van der Waals surface area contributed by atoms with Crippen LogP contribution in [0.1, 0.15) is 30.0 Å². The topological polar surface area (TPSA) is 73.4 Å². The van der Waals surface area contributed by atoms with Gasteiger partial charge in [0.15, 0.2) is 0 Å². The van der Waals surface area contributed by atoms with E-state index in [0.717, 1.165) is 46.6 Å². The van der Waals surface area contributed by atoms with E-state index >= 15 is 0 Å². The Morgan fingerprint density at radius 1 is 1.23 bits per heavy atom. The molecule has 1 aliphatic heterocycles. The van der Waals surface area contributed by atoms with Crippen molar-refractivity contribution < 1.29 is 14.7 Å². The van der Waals surface area contributed by atoms with E-state index in [1.165, 1.54) is 10.5 Å². The van der Waals surface area contributed by atoms with Crippen LogP contribution in [0.15, 0.2) is 59.6 Å². The minimum absolute atomic E-state index is 0.171. The van der Waals surface area contributed by atoms with Crippen LogP contribution in [-0.4, -0.2) is 37.2 Å². The molecule has 1 fully saturated rings. The average Bonchev–Trinajstić information content (AvgIpc) is 3.28. The van der Waals surface area contributed by atoms with E-state index in [0.29, 0.717) is 4.91 Å². The van der Waals surface area contributed by atoms with E-state index in [9.17, 15) is 14.7 Å². The zero-order valence-electron chi connectivity index (χ0n) is 17.0. The SMILES string of the molecule is CCCc1ccc(/C=C2\SC(=S)N([C@@H](Cc3c[nH]c4ccccc34)C(=O)O)C2=O)cc1. The lowest BCUT2D eigenvalue weighted by Gasteiger charge is -2.23. The van der Waals surface area contributed by atoms with Gasteiger partial charge < -0.3 is 10.1 Å². The maximum absolute atomic E-state index is 13.1. The quantitative estimate of drug-likeness (QED) is 0.391. The molecule has 0 saturated carbocycles. The van der Waals surface area contributed by atoms with Gasteiger partial charge in [-0.1, -0.05) is 79.8 Å². The largest absolute Gasteiger partial charge is 0.480 e. The van der Waals surface area contributed by atoms with E-state index in [1.54, 1.807) is 12.3 Å². The van der Waals surface area contributed by atoms with Crippen molar-refractivity contribution in [2.45, 2.75) is 32.2 Å². The third-order valence-corrected chi connectivity index (χ3v) is 6.66. The molecule has 1 amide bonds. The molecule has 4 rings (SSSR count). The molecule has 158 valence electrons. The fourth-order valence-electron chi connectivity index (χ4n) is 3.77. The second-order valence-corrected chi connectivity index (χ2v) is 9.14. The third kappa shape index (κ3) is 4.43. The lowest BCUT2D eigenvalue weighted by molar-refractivity contribution is -0.145. The number of amides is 1. The second-order valence-electron chi connectivity index (χ2n) is 7.46. The Bertz CT molecular complexity index is 1180. The molecule has 1 aliphatic rings. The molecule has 0 radical (unpaired) electrons. The van der Waals surface area contributed by atoms with Gasteiger partial charge in [-0.15, -0.1) is 0 Å². The van der Waals surface area contributed by atoms with Crippen LogP contribution in [0, 0.1) is 0 Å². The van der Waals surface area contributed by atoms with E-state index in [2.05, 4.69) is 11.9 Å². The monoisotopic (exact) mass is 450 g/mol. The molecule has 1 saturated heterocycles. The van der Waals surface area contributed by atoms with Crippen LogP contribution < -0.4 is 0 Å². The number of nitrogens with zero attached hydrogens (tertiary/aromatic N) is 1. The third-order valence-electron chi connectivity index (χ3n) is 5.32. The van der Waals surface area contributed by atoms with E-state index in [1.807, 2.05) is 48.5 Å². The number of hydrogen-bond acceptors (Lipinski definition) is 4. The number of fused-ring (bicyclic) bond motifs is 1. The average molecular weight is 451 g/mol. The van der Waals surface area contributed by atoms with Crippen molar-refractivity contribution in [2.75, 3.05) is 0 Å². The normalized spacial score (nSPS) is 16.4. The number of aryl methyl sites for hydroxylation is 1. The number of rotatable bonds is 7. The first-order valence-corrected chi connectivity index (χ1v) is 11.3. The Morgan fingerprint density at radius 3 is 2.68 bits per heavy atom. The van der Waals surface area contributed by atoms with Gasteiger partial charge in [-0.25, -0.2) is 4.79 Å². The molecule has 0 bridgehead atoms. The van der Waals surface area contributed by atoms with Crippen molar-refractivity contribution >= 4 is 57.2 Å². The Balaban J connectivity index is 1.59. The standard InChI is InChI=1S/C24H22N2O3S2/c1-2-5-15-8-10-16(11-9-15)12-21-22(27)26(24(30)31-21)20(23(28)29)13-17-14-25-19-7-4-3-6-18(17)19/h3-4,6-12,14,20,25H,2,5,13H2,1H3,(H,28,29)/b21-12-/t20-/m0/s1. The van der Waals surface area contributed by atoms with E-state index in [4.69, 9.17) is 12.2 Å². The fraction of sp³-hybridized carbons (Fsp3) is 0.208. The number of aromatic nitrogens is 1. The summed E-state index contributed by atoms with van der Waals surface area (Å²) < 4.78 is 0.270. The Kier molecular flexibility index (Phi) is 6.25. The van der Waals surface area contributed by atoms with E-state index in [-0.39, 0.29) is 16.6 Å². The van der Waals surface area contributed by atoms with Gasteiger partial charge in [0.25, 0.3) is 5.91 Å². The highest BCUT2D eigenvalue weighted by molar-refractivity contribution is 8.26. The molecule has 5 nitrogen and oxygen atoms in total. The first-order chi connectivity index (χ1) is 15.0. The number of H-pyrrole nitrogens is 1. The van der Waals surface area contributed by atoms with Crippen LogP contribution in [0.3, 0.4) is 0 Å². The van der Waals surface area contributed by atoms with Crippen LogP contribution in [0.25, 0.3) is 17.0 Å². The molecule has 0 spiro atoms. The van der Waals surface area contributed by atoms with Crippen molar-refractivity contribution in [2.24, 2.45) is 0 Å². The maximum Gasteiger partial charge on any atom is 0.327 e. The van der Waals surface area contributed by atoms with Gasteiger partial charge in [0.1, 0.15) is 10.4 Å². The van der Waals surface area contributed by atoms with Gasteiger partial charge in [-0.05, 0) is 35.3 Å². The molecule has 0 aliphatic carbocycles. The predicted octanol–water partition coefficient (Wildman–Crippen LogP) is 5.02. The molecule has 1 atom stereocenters. The first-order valence-electron chi connectivity index (χ1n) is 10.1. The van der Waals surface area contributed by atoms with Gasteiger partial charge in [-0.2, -0.15) is 0 Å². The number of carbonyl (C=O) groups excluding carboxylic acids is 1.